The smallest absolute Gasteiger partial charge is 0.161 e. The Balaban J connectivity index is 1.08. The van der Waals surface area contributed by atoms with E-state index in [-0.39, 0.29) is 0 Å². The summed E-state index contributed by atoms with van der Waals surface area (Å²) in [6, 6.07) is 74.9. The van der Waals surface area contributed by atoms with Crippen molar-refractivity contribution in [2.75, 3.05) is 0 Å². The normalized spacial score (nSPS) is 13.2. The van der Waals surface area contributed by atoms with Crippen molar-refractivity contribution in [1.29, 1.82) is 0 Å². The van der Waals surface area contributed by atoms with Gasteiger partial charge in [0.1, 0.15) is 0 Å². The molecule has 3 heteroatoms. The summed E-state index contributed by atoms with van der Waals surface area (Å²) >= 11 is 1.88. The standard InChI is InChI=1S/C55H34N2S/c1-2-16-36(17-3-1)50-34-51(38-31-32-40-37(33-38)30-29-35-15-4-5-18-39(35)40)57-54(56-50)45-22-7-6-19-41(45)44-23-14-27-49-53(44)58-52-28-13-12-26-48(52)55(49)46-24-10-8-20-42(46)43-21-9-11-25-47(43)55/h1-34H. The fourth-order valence-corrected chi connectivity index (χ4v) is 11.0. The highest BCUT2D eigenvalue weighted by molar-refractivity contribution is 7.99. The lowest BCUT2D eigenvalue weighted by Crippen LogP contribution is -2.32. The van der Waals surface area contributed by atoms with Crippen LogP contribution >= 0.6 is 11.8 Å². The third kappa shape index (κ3) is 4.87. The molecule has 10 aromatic rings. The molecule has 1 aromatic heterocycles. The Morgan fingerprint density at radius 3 is 1.71 bits per heavy atom. The van der Waals surface area contributed by atoms with Crippen molar-refractivity contribution in [2.45, 2.75) is 15.2 Å². The minimum Gasteiger partial charge on any atom is -0.228 e. The molecule has 1 spiro atoms. The predicted octanol–water partition coefficient (Wildman–Crippen LogP) is 14.3. The summed E-state index contributed by atoms with van der Waals surface area (Å²) in [6.45, 7) is 0. The number of nitrogens with zero attached hydrogens (tertiary/aromatic N) is 2. The molecule has 0 bridgehead atoms. The van der Waals surface area contributed by atoms with Crippen molar-refractivity contribution < 1.29 is 0 Å². The third-order valence-corrected chi connectivity index (χ3v) is 13.4. The van der Waals surface area contributed by atoms with Crippen molar-refractivity contribution in [2.24, 2.45) is 0 Å². The van der Waals surface area contributed by atoms with Crippen LogP contribution in [0.2, 0.25) is 0 Å². The van der Waals surface area contributed by atoms with Gasteiger partial charge in [0.25, 0.3) is 0 Å². The Morgan fingerprint density at radius 2 is 0.914 bits per heavy atom. The maximum absolute atomic E-state index is 5.42. The van der Waals surface area contributed by atoms with Gasteiger partial charge in [0.15, 0.2) is 5.82 Å². The first-order valence-corrected chi connectivity index (χ1v) is 20.6. The van der Waals surface area contributed by atoms with Crippen LogP contribution in [0.3, 0.4) is 0 Å². The molecular formula is C55H34N2S. The molecule has 2 nitrogen and oxygen atoms in total. The number of aromatic nitrogens is 2. The molecule has 2 aliphatic rings. The molecule has 12 rings (SSSR count). The van der Waals surface area contributed by atoms with E-state index < -0.39 is 5.41 Å². The molecule has 58 heavy (non-hydrogen) atoms. The molecule has 0 saturated heterocycles. The van der Waals surface area contributed by atoms with Gasteiger partial charge >= 0.3 is 0 Å². The van der Waals surface area contributed by atoms with Crippen LogP contribution < -0.4 is 0 Å². The van der Waals surface area contributed by atoms with Crippen molar-refractivity contribution >= 4 is 33.3 Å². The molecule has 0 unspecified atom stereocenters. The van der Waals surface area contributed by atoms with Crippen LogP contribution in [0.1, 0.15) is 22.3 Å². The largest absolute Gasteiger partial charge is 0.228 e. The topological polar surface area (TPSA) is 25.8 Å². The van der Waals surface area contributed by atoms with E-state index in [1.54, 1.807) is 0 Å². The van der Waals surface area contributed by atoms with E-state index in [4.69, 9.17) is 9.97 Å². The molecule has 0 N–H and O–H groups in total. The van der Waals surface area contributed by atoms with Crippen molar-refractivity contribution in [1.82, 2.24) is 9.97 Å². The Labute approximate surface area is 341 Å². The Bertz CT molecular complexity index is 3230. The molecule has 0 atom stereocenters. The fraction of sp³-hybridized carbons (Fsp3) is 0.0182. The van der Waals surface area contributed by atoms with Crippen LogP contribution in [0.5, 0.6) is 0 Å². The average molecular weight is 755 g/mol. The lowest BCUT2D eigenvalue weighted by molar-refractivity contribution is 0.723. The summed E-state index contributed by atoms with van der Waals surface area (Å²) in [5, 5.41) is 4.93. The summed E-state index contributed by atoms with van der Waals surface area (Å²) in [4.78, 5) is 13.3. The fourth-order valence-electron chi connectivity index (χ4n) is 9.65. The van der Waals surface area contributed by atoms with Crippen molar-refractivity contribution in [3.05, 3.63) is 229 Å². The predicted molar refractivity (Wildman–Crippen MR) is 240 cm³/mol. The van der Waals surface area contributed by atoms with Crippen LogP contribution in [0.15, 0.2) is 216 Å². The van der Waals surface area contributed by atoms with Crippen LogP contribution in [0.25, 0.3) is 77.7 Å². The minimum absolute atomic E-state index is 0.451. The van der Waals surface area contributed by atoms with E-state index in [9.17, 15) is 0 Å². The van der Waals surface area contributed by atoms with E-state index in [1.165, 1.54) is 70.3 Å². The first kappa shape index (κ1) is 33.1. The molecule has 0 amide bonds. The summed E-state index contributed by atoms with van der Waals surface area (Å²) in [7, 11) is 0. The monoisotopic (exact) mass is 754 g/mol. The van der Waals surface area contributed by atoms with E-state index in [0.29, 0.717) is 5.82 Å². The van der Waals surface area contributed by atoms with Gasteiger partial charge in [-0.3, -0.25) is 0 Å². The Hall–Kier alpha value is -7.07. The molecule has 0 fully saturated rings. The zero-order chi connectivity index (χ0) is 38.2. The number of rotatable bonds is 4. The van der Waals surface area contributed by atoms with Crippen LogP contribution in [0, 0.1) is 0 Å². The number of benzene rings is 9. The molecule has 2 heterocycles. The second kappa shape index (κ2) is 13.0. The molecular weight excluding hydrogens is 721 g/mol. The SMILES string of the molecule is c1ccc(-c2cc(-c3ccc4c(ccc5ccccc54)c3)nc(-c3ccccc3-c3cccc4c3Sc3ccccc3C43c4ccccc4-c4ccccc43)n2)cc1. The maximum Gasteiger partial charge on any atom is 0.161 e. The van der Waals surface area contributed by atoms with E-state index in [0.717, 1.165) is 33.6 Å². The molecule has 0 radical (unpaired) electrons. The van der Waals surface area contributed by atoms with E-state index in [1.807, 2.05) is 11.8 Å². The van der Waals surface area contributed by atoms with Crippen LogP contribution in [-0.2, 0) is 5.41 Å². The number of hydrogen-bond acceptors (Lipinski definition) is 3. The second-order valence-electron chi connectivity index (χ2n) is 15.2. The van der Waals surface area contributed by atoms with Gasteiger partial charge in [-0.25, -0.2) is 9.97 Å². The van der Waals surface area contributed by atoms with Gasteiger partial charge < -0.3 is 0 Å². The molecule has 0 saturated carbocycles. The zero-order valence-corrected chi connectivity index (χ0v) is 32.2. The average Bonchev–Trinajstić information content (AvgIpc) is 3.59. The lowest BCUT2D eigenvalue weighted by Gasteiger charge is -2.40. The van der Waals surface area contributed by atoms with Gasteiger partial charge in [-0.05, 0) is 84.3 Å². The molecule has 270 valence electrons. The van der Waals surface area contributed by atoms with Crippen LogP contribution in [0.4, 0.5) is 0 Å². The Morgan fingerprint density at radius 1 is 0.345 bits per heavy atom. The summed E-state index contributed by atoms with van der Waals surface area (Å²) in [6.07, 6.45) is 0. The van der Waals surface area contributed by atoms with Gasteiger partial charge in [-0.2, -0.15) is 0 Å². The summed E-state index contributed by atoms with van der Waals surface area (Å²) < 4.78 is 0. The third-order valence-electron chi connectivity index (χ3n) is 12.2. The van der Waals surface area contributed by atoms with Crippen molar-refractivity contribution in [3.63, 3.8) is 0 Å². The van der Waals surface area contributed by atoms with Gasteiger partial charge in [-0.1, -0.05) is 200 Å². The molecule has 9 aromatic carbocycles. The van der Waals surface area contributed by atoms with E-state index >= 15 is 0 Å². The second-order valence-corrected chi connectivity index (χ2v) is 16.3. The zero-order valence-electron chi connectivity index (χ0n) is 31.4. The van der Waals surface area contributed by atoms with Gasteiger partial charge in [0.2, 0.25) is 0 Å². The van der Waals surface area contributed by atoms with Gasteiger partial charge in [0, 0.05) is 26.5 Å². The van der Waals surface area contributed by atoms with Crippen LogP contribution in [-0.4, -0.2) is 9.97 Å². The number of fused-ring (bicyclic) bond motifs is 12. The first-order valence-electron chi connectivity index (χ1n) is 19.8. The highest BCUT2D eigenvalue weighted by atomic mass is 32.2. The molecule has 1 aliphatic carbocycles. The highest BCUT2D eigenvalue weighted by Gasteiger charge is 2.50. The highest BCUT2D eigenvalue weighted by Crippen LogP contribution is 2.63. The maximum atomic E-state index is 5.42. The minimum atomic E-state index is -0.451. The summed E-state index contributed by atoms with van der Waals surface area (Å²) in [5.41, 5.74) is 14.7. The van der Waals surface area contributed by atoms with Gasteiger partial charge in [-0.15, -0.1) is 0 Å². The Kier molecular flexibility index (Phi) is 7.41. The van der Waals surface area contributed by atoms with Crippen molar-refractivity contribution in [3.8, 4) is 56.2 Å². The quantitative estimate of drug-likeness (QED) is 0.167. The number of hydrogen-bond donors (Lipinski definition) is 0. The molecule has 1 aliphatic heterocycles. The van der Waals surface area contributed by atoms with E-state index in [2.05, 4.69) is 206 Å². The van der Waals surface area contributed by atoms with Gasteiger partial charge in [0.05, 0.1) is 16.8 Å². The first-order chi connectivity index (χ1) is 28.8. The summed E-state index contributed by atoms with van der Waals surface area (Å²) in [5.74, 6) is 0.704. The lowest BCUT2D eigenvalue weighted by atomic mass is 9.67.